The molecule has 2 aliphatic rings. The molecule has 1 aliphatic carbocycles. The Bertz CT molecular complexity index is 693. The molecule has 0 spiro atoms. The van der Waals surface area contributed by atoms with E-state index in [9.17, 15) is 4.79 Å². The van der Waals surface area contributed by atoms with E-state index >= 15 is 0 Å². The van der Waals surface area contributed by atoms with Crippen LogP contribution in [0.5, 0.6) is 0 Å². The third-order valence-electron chi connectivity index (χ3n) is 4.35. The number of rotatable bonds is 4. The molecule has 0 radical (unpaired) electrons. The monoisotopic (exact) mass is 324 g/mol. The molecule has 0 unspecified atom stereocenters. The number of hydrogen-bond donors (Lipinski definition) is 1. The molecule has 1 saturated carbocycles. The standard InChI is InChI=1S/C17H20N6O/c24-16(21-14-4-5-14)13-11-19-17(20-12-13)23-9-7-22(8-10-23)15-3-1-2-6-18-15/h1-3,6,11-12,14H,4-5,7-10H2,(H,21,24). The van der Waals surface area contributed by atoms with Gasteiger partial charge in [-0.25, -0.2) is 15.0 Å². The van der Waals surface area contributed by atoms with Gasteiger partial charge in [0.15, 0.2) is 0 Å². The zero-order chi connectivity index (χ0) is 16.4. The number of anilines is 2. The van der Waals surface area contributed by atoms with E-state index in [0.717, 1.165) is 44.8 Å². The van der Waals surface area contributed by atoms with E-state index in [4.69, 9.17) is 0 Å². The summed E-state index contributed by atoms with van der Waals surface area (Å²) in [5, 5.41) is 2.95. The first kappa shape index (κ1) is 14.9. The summed E-state index contributed by atoms with van der Waals surface area (Å²) in [6.07, 6.45) is 7.20. The van der Waals surface area contributed by atoms with Gasteiger partial charge in [0.1, 0.15) is 5.82 Å². The molecule has 1 amide bonds. The Balaban J connectivity index is 1.36. The SMILES string of the molecule is O=C(NC1CC1)c1cnc(N2CCN(c3ccccn3)CC2)nc1. The van der Waals surface area contributed by atoms with E-state index in [1.54, 1.807) is 12.4 Å². The highest BCUT2D eigenvalue weighted by atomic mass is 16.1. The number of pyridine rings is 1. The van der Waals surface area contributed by atoms with Gasteiger partial charge >= 0.3 is 0 Å². The van der Waals surface area contributed by atoms with Crippen LogP contribution in [0.15, 0.2) is 36.8 Å². The molecule has 4 rings (SSSR count). The van der Waals surface area contributed by atoms with Crippen LogP contribution < -0.4 is 15.1 Å². The molecule has 2 aromatic rings. The zero-order valence-electron chi connectivity index (χ0n) is 13.4. The van der Waals surface area contributed by atoms with Crippen LogP contribution in [-0.4, -0.2) is 53.1 Å². The molecule has 1 aliphatic heterocycles. The van der Waals surface area contributed by atoms with Gasteiger partial charge in [-0.15, -0.1) is 0 Å². The fourth-order valence-electron chi connectivity index (χ4n) is 2.77. The number of nitrogens with one attached hydrogen (secondary N) is 1. The third kappa shape index (κ3) is 3.29. The molecule has 24 heavy (non-hydrogen) atoms. The molecule has 0 aromatic carbocycles. The quantitative estimate of drug-likeness (QED) is 0.907. The highest BCUT2D eigenvalue weighted by Crippen LogP contribution is 2.19. The van der Waals surface area contributed by atoms with Crippen LogP contribution in [0.4, 0.5) is 11.8 Å². The van der Waals surface area contributed by atoms with Crippen LogP contribution in [0.25, 0.3) is 0 Å². The molecule has 7 nitrogen and oxygen atoms in total. The predicted molar refractivity (Wildman–Crippen MR) is 91.2 cm³/mol. The van der Waals surface area contributed by atoms with E-state index in [-0.39, 0.29) is 5.91 Å². The van der Waals surface area contributed by atoms with E-state index in [1.807, 2.05) is 24.4 Å². The summed E-state index contributed by atoms with van der Waals surface area (Å²) in [7, 11) is 0. The second-order valence-electron chi connectivity index (χ2n) is 6.18. The Hall–Kier alpha value is -2.70. The highest BCUT2D eigenvalue weighted by molar-refractivity contribution is 5.94. The van der Waals surface area contributed by atoms with E-state index < -0.39 is 0 Å². The number of aromatic nitrogens is 3. The molecule has 7 heteroatoms. The predicted octanol–water partition coefficient (Wildman–Crippen LogP) is 1.09. The molecule has 3 heterocycles. The maximum absolute atomic E-state index is 12.0. The fourth-order valence-corrected chi connectivity index (χ4v) is 2.77. The Morgan fingerprint density at radius 3 is 2.33 bits per heavy atom. The minimum atomic E-state index is -0.0796. The van der Waals surface area contributed by atoms with Crippen LogP contribution in [0.3, 0.4) is 0 Å². The Labute approximate surface area is 140 Å². The topological polar surface area (TPSA) is 74.2 Å². The molecule has 0 atom stereocenters. The highest BCUT2D eigenvalue weighted by Gasteiger charge is 2.24. The number of piperazine rings is 1. The van der Waals surface area contributed by atoms with Crippen LogP contribution in [-0.2, 0) is 0 Å². The minimum absolute atomic E-state index is 0.0796. The number of carbonyl (C=O) groups is 1. The van der Waals surface area contributed by atoms with Crippen molar-refractivity contribution in [2.24, 2.45) is 0 Å². The molecule has 2 fully saturated rings. The number of amides is 1. The maximum atomic E-state index is 12.0. The Morgan fingerprint density at radius 1 is 1.00 bits per heavy atom. The van der Waals surface area contributed by atoms with Crippen molar-refractivity contribution in [3.8, 4) is 0 Å². The van der Waals surface area contributed by atoms with Crippen molar-refractivity contribution in [2.75, 3.05) is 36.0 Å². The number of nitrogens with zero attached hydrogens (tertiary/aromatic N) is 5. The summed E-state index contributed by atoms with van der Waals surface area (Å²) in [5.74, 6) is 1.60. The van der Waals surface area contributed by atoms with E-state index in [0.29, 0.717) is 17.6 Å². The van der Waals surface area contributed by atoms with Crippen molar-refractivity contribution in [3.63, 3.8) is 0 Å². The van der Waals surface area contributed by atoms with Crippen molar-refractivity contribution in [1.82, 2.24) is 20.3 Å². The lowest BCUT2D eigenvalue weighted by atomic mass is 10.3. The molecule has 0 bridgehead atoms. The second-order valence-corrected chi connectivity index (χ2v) is 6.18. The van der Waals surface area contributed by atoms with Crippen molar-refractivity contribution < 1.29 is 4.79 Å². The Kier molecular flexibility index (Phi) is 3.98. The normalized spacial score (nSPS) is 17.7. The largest absolute Gasteiger partial charge is 0.353 e. The van der Waals surface area contributed by atoms with Gasteiger partial charge in [-0.2, -0.15) is 0 Å². The lowest BCUT2D eigenvalue weighted by molar-refractivity contribution is 0.0950. The van der Waals surface area contributed by atoms with Gasteiger partial charge < -0.3 is 15.1 Å². The first-order valence-electron chi connectivity index (χ1n) is 8.33. The van der Waals surface area contributed by atoms with Crippen molar-refractivity contribution >= 4 is 17.7 Å². The lowest BCUT2D eigenvalue weighted by Crippen LogP contribution is -2.47. The van der Waals surface area contributed by atoms with Crippen LogP contribution in [0.2, 0.25) is 0 Å². The maximum Gasteiger partial charge on any atom is 0.254 e. The second kappa shape index (κ2) is 6.43. The van der Waals surface area contributed by atoms with Crippen molar-refractivity contribution in [1.29, 1.82) is 0 Å². The third-order valence-corrected chi connectivity index (χ3v) is 4.35. The molecular weight excluding hydrogens is 304 g/mol. The summed E-state index contributed by atoms with van der Waals surface area (Å²) in [6.45, 7) is 3.43. The van der Waals surface area contributed by atoms with Crippen molar-refractivity contribution in [3.05, 3.63) is 42.4 Å². The minimum Gasteiger partial charge on any atom is -0.353 e. The fraction of sp³-hybridized carbons (Fsp3) is 0.412. The first-order chi connectivity index (χ1) is 11.8. The van der Waals surface area contributed by atoms with Crippen molar-refractivity contribution in [2.45, 2.75) is 18.9 Å². The van der Waals surface area contributed by atoms with Gasteiger partial charge in [0, 0.05) is 50.8 Å². The number of hydrogen-bond acceptors (Lipinski definition) is 6. The van der Waals surface area contributed by atoms with Crippen LogP contribution in [0, 0.1) is 0 Å². The molecule has 1 N–H and O–H groups in total. The average molecular weight is 324 g/mol. The first-order valence-corrected chi connectivity index (χ1v) is 8.33. The van der Waals surface area contributed by atoms with Gasteiger partial charge in [-0.05, 0) is 25.0 Å². The smallest absolute Gasteiger partial charge is 0.254 e. The zero-order valence-corrected chi connectivity index (χ0v) is 13.4. The van der Waals surface area contributed by atoms with Gasteiger partial charge in [-0.3, -0.25) is 4.79 Å². The van der Waals surface area contributed by atoms with Gasteiger partial charge in [0.05, 0.1) is 5.56 Å². The number of carbonyl (C=O) groups excluding carboxylic acids is 1. The molecule has 2 aromatic heterocycles. The summed E-state index contributed by atoms with van der Waals surface area (Å²) < 4.78 is 0. The molecule has 1 saturated heterocycles. The summed E-state index contributed by atoms with van der Waals surface area (Å²) in [6, 6.07) is 6.30. The summed E-state index contributed by atoms with van der Waals surface area (Å²) >= 11 is 0. The van der Waals surface area contributed by atoms with Gasteiger partial charge in [0.2, 0.25) is 5.95 Å². The lowest BCUT2D eigenvalue weighted by Gasteiger charge is -2.35. The van der Waals surface area contributed by atoms with E-state index in [2.05, 4.69) is 30.1 Å². The van der Waals surface area contributed by atoms with Crippen LogP contribution in [0.1, 0.15) is 23.2 Å². The molecule has 124 valence electrons. The Morgan fingerprint density at radius 2 is 1.71 bits per heavy atom. The average Bonchev–Trinajstić information content (AvgIpc) is 3.47. The van der Waals surface area contributed by atoms with Gasteiger partial charge in [0.25, 0.3) is 5.91 Å². The molecular formula is C17H20N6O. The summed E-state index contributed by atoms with van der Waals surface area (Å²) in [4.78, 5) is 29.5. The van der Waals surface area contributed by atoms with Crippen LogP contribution >= 0.6 is 0 Å². The van der Waals surface area contributed by atoms with Gasteiger partial charge in [-0.1, -0.05) is 6.07 Å². The summed E-state index contributed by atoms with van der Waals surface area (Å²) in [5.41, 5.74) is 0.526. The van der Waals surface area contributed by atoms with E-state index in [1.165, 1.54) is 0 Å².